The summed E-state index contributed by atoms with van der Waals surface area (Å²) >= 11 is 0. The molecule has 1 N–H and O–H groups in total. The Bertz CT molecular complexity index is 403. The van der Waals surface area contributed by atoms with Crippen molar-refractivity contribution in [3.05, 3.63) is 59.7 Å². The fraction of sp³-hybridized carbons (Fsp3) is 0.154. The molecule has 0 amide bonds. The lowest BCUT2D eigenvalue weighted by atomic mass is 10.2. The van der Waals surface area contributed by atoms with Crippen LogP contribution in [0.15, 0.2) is 42.6 Å². The summed E-state index contributed by atoms with van der Waals surface area (Å²) in [4.78, 5) is 3.97. The van der Waals surface area contributed by atoms with Crippen LogP contribution in [0, 0.1) is 12.7 Å². The number of rotatable bonds is 3. The predicted molar refractivity (Wildman–Crippen MR) is 62.7 cm³/mol. The zero-order valence-electron chi connectivity index (χ0n) is 9.07. The molecule has 0 atom stereocenters. The normalized spacial score (nSPS) is 10.1. The van der Waals surface area contributed by atoms with E-state index < -0.39 is 0 Å². The first-order chi connectivity index (χ1) is 7.74. The molecule has 1 aromatic carbocycles. The monoisotopic (exact) mass is 216 g/mol. The van der Waals surface area contributed by atoms with E-state index in [-0.39, 0.29) is 5.82 Å². The molecule has 0 aliphatic heterocycles. The third-order valence-corrected chi connectivity index (χ3v) is 2.31. The Labute approximate surface area is 94.2 Å². The lowest BCUT2D eigenvalue weighted by molar-refractivity contribution is 0.619. The Hall–Kier alpha value is -1.90. The van der Waals surface area contributed by atoms with Gasteiger partial charge in [-0.05, 0) is 31.2 Å². The first-order valence-electron chi connectivity index (χ1n) is 5.15. The molecule has 1 heterocycles. The molecule has 0 fully saturated rings. The van der Waals surface area contributed by atoms with Gasteiger partial charge in [-0.15, -0.1) is 0 Å². The quantitative estimate of drug-likeness (QED) is 0.852. The lowest BCUT2D eigenvalue weighted by Crippen LogP contribution is -2.01. The molecule has 0 radical (unpaired) electrons. The maximum atomic E-state index is 12.6. The number of halogens is 1. The van der Waals surface area contributed by atoms with Gasteiger partial charge in [0.25, 0.3) is 0 Å². The molecule has 0 bridgehead atoms. The van der Waals surface area contributed by atoms with E-state index in [9.17, 15) is 4.39 Å². The van der Waals surface area contributed by atoms with Crippen molar-refractivity contribution < 1.29 is 4.39 Å². The maximum Gasteiger partial charge on any atom is 0.141 e. The van der Waals surface area contributed by atoms with Crippen molar-refractivity contribution in [2.75, 3.05) is 5.32 Å². The van der Waals surface area contributed by atoms with Crippen molar-refractivity contribution in [3.8, 4) is 0 Å². The fourth-order valence-electron chi connectivity index (χ4n) is 1.38. The standard InChI is InChI=1S/C13H13FN2/c1-10-2-5-12(6-3-10)16-9-13-7-4-11(14)8-15-13/h2-8,16H,9H2,1H3. The molecule has 82 valence electrons. The van der Waals surface area contributed by atoms with Crippen molar-refractivity contribution in [2.24, 2.45) is 0 Å². The van der Waals surface area contributed by atoms with Crippen molar-refractivity contribution >= 4 is 5.69 Å². The topological polar surface area (TPSA) is 24.9 Å². The number of benzene rings is 1. The molecular formula is C13H13FN2. The van der Waals surface area contributed by atoms with Crippen LogP contribution in [-0.4, -0.2) is 4.98 Å². The van der Waals surface area contributed by atoms with Gasteiger partial charge in [-0.2, -0.15) is 0 Å². The van der Waals surface area contributed by atoms with E-state index in [2.05, 4.69) is 10.3 Å². The van der Waals surface area contributed by atoms with Gasteiger partial charge >= 0.3 is 0 Å². The number of hydrogen-bond donors (Lipinski definition) is 1. The molecule has 0 saturated heterocycles. The second-order valence-electron chi connectivity index (χ2n) is 3.69. The minimum atomic E-state index is -0.306. The summed E-state index contributed by atoms with van der Waals surface area (Å²) in [6.45, 7) is 2.65. The molecule has 2 nitrogen and oxygen atoms in total. The molecule has 0 aliphatic rings. The van der Waals surface area contributed by atoms with Gasteiger partial charge in [-0.1, -0.05) is 17.7 Å². The number of nitrogens with one attached hydrogen (secondary N) is 1. The Kier molecular flexibility index (Phi) is 3.15. The van der Waals surface area contributed by atoms with Crippen LogP contribution in [0.2, 0.25) is 0 Å². The first kappa shape index (κ1) is 10.6. The molecule has 16 heavy (non-hydrogen) atoms. The number of aryl methyl sites for hydroxylation is 1. The largest absolute Gasteiger partial charge is 0.379 e. The SMILES string of the molecule is Cc1ccc(NCc2ccc(F)cn2)cc1. The number of aromatic nitrogens is 1. The first-order valence-corrected chi connectivity index (χ1v) is 5.15. The number of nitrogens with zero attached hydrogens (tertiary/aromatic N) is 1. The van der Waals surface area contributed by atoms with Crippen LogP contribution in [0.4, 0.5) is 10.1 Å². The summed E-state index contributed by atoms with van der Waals surface area (Å²) < 4.78 is 12.6. The highest BCUT2D eigenvalue weighted by atomic mass is 19.1. The minimum absolute atomic E-state index is 0.306. The molecule has 2 aromatic rings. The molecule has 3 heteroatoms. The van der Waals surface area contributed by atoms with E-state index in [1.54, 1.807) is 6.07 Å². The van der Waals surface area contributed by atoms with Crippen LogP contribution >= 0.6 is 0 Å². The van der Waals surface area contributed by atoms with Gasteiger partial charge in [0, 0.05) is 5.69 Å². The van der Waals surface area contributed by atoms with E-state index in [4.69, 9.17) is 0 Å². The molecule has 2 rings (SSSR count). The number of hydrogen-bond acceptors (Lipinski definition) is 2. The van der Waals surface area contributed by atoms with Gasteiger partial charge in [0.15, 0.2) is 0 Å². The highest BCUT2D eigenvalue weighted by Crippen LogP contribution is 2.09. The van der Waals surface area contributed by atoms with Gasteiger partial charge < -0.3 is 5.32 Å². The smallest absolute Gasteiger partial charge is 0.141 e. The number of anilines is 1. The van der Waals surface area contributed by atoms with Crippen LogP contribution in [0.1, 0.15) is 11.3 Å². The van der Waals surface area contributed by atoms with Gasteiger partial charge in [0.2, 0.25) is 0 Å². The van der Waals surface area contributed by atoms with Crippen LogP contribution in [0.3, 0.4) is 0 Å². The maximum absolute atomic E-state index is 12.6. The molecule has 0 spiro atoms. The Morgan fingerprint density at radius 2 is 1.88 bits per heavy atom. The van der Waals surface area contributed by atoms with Gasteiger partial charge in [0.05, 0.1) is 18.4 Å². The second-order valence-corrected chi connectivity index (χ2v) is 3.69. The Morgan fingerprint density at radius 1 is 1.12 bits per heavy atom. The van der Waals surface area contributed by atoms with Crippen LogP contribution < -0.4 is 5.32 Å². The van der Waals surface area contributed by atoms with E-state index >= 15 is 0 Å². The average molecular weight is 216 g/mol. The Morgan fingerprint density at radius 3 is 2.50 bits per heavy atom. The predicted octanol–water partition coefficient (Wildman–Crippen LogP) is 3.14. The van der Waals surface area contributed by atoms with Crippen molar-refractivity contribution in [1.29, 1.82) is 0 Å². The zero-order valence-corrected chi connectivity index (χ0v) is 9.07. The number of pyridine rings is 1. The summed E-state index contributed by atoms with van der Waals surface area (Å²) in [6, 6.07) is 11.2. The lowest BCUT2D eigenvalue weighted by Gasteiger charge is -2.05. The van der Waals surface area contributed by atoms with Crippen molar-refractivity contribution in [2.45, 2.75) is 13.5 Å². The summed E-state index contributed by atoms with van der Waals surface area (Å²) in [5.41, 5.74) is 3.09. The molecule has 1 aromatic heterocycles. The van der Waals surface area contributed by atoms with Gasteiger partial charge in [-0.25, -0.2) is 4.39 Å². The second kappa shape index (κ2) is 4.75. The molecule has 0 aliphatic carbocycles. The summed E-state index contributed by atoms with van der Waals surface area (Å²) in [5.74, 6) is -0.306. The van der Waals surface area contributed by atoms with Crippen molar-refractivity contribution in [1.82, 2.24) is 4.98 Å². The van der Waals surface area contributed by atoms with E-state index in [1.165, 1.54) is 17.8 Å². The molecular weight excluding hydrogens is 203 g/mol. The molecule has 0 unspecified atom stereocenters. The molecule has 0 saturated carbocycles. The Balaban J connectivity index is 1.97. The van der Waals surface area contributed by atoms with E-state index in [0.717, 1.165) is 11.4 Å². The fourth-order valence-corrected chi connectivity index (χ4v) is 1.38. The third kappa shape index (κ3) is 2.79. The summed E-state index contributed by atoms with van der Waals surface area (Å²) in [7, 11) is 0. The van der Waals surface area contributed by atoms with Crippen molar-refractivity contribution in [3.63, 3.8) is 0 Å². The van der Waals surface area contributed by atoms with Crippen LogP contribution in [0.5, 0.6) is 0 Å². The minimum Gasteiger partial charge on any atom is -0.379 e. The van der Waals surface area contributed by atoms with E-state index in [1.807, 2.05) is 31.2 Å². The van der Waals surface area contributed by atoms with Crippen LogP contribution in [0.25, 0.3) is 0 Å². The highest BCUT2D eigenvalue weighted by molar-refractivity contribution is 5.44. The van der Waals surface area contributed by atoms with E-state index in [0.29, 0.717) is 6.54 Å². The summed E-state index contributed by atoms with van der Waals surface area (Å²) in [6.07, 6.45) is 1.23. The summed E-state index contributed by atoms with van der Waals surface area (Å²) in [5, 5.41) is 3.22. The average Bonchev–Trinajstić information content (AvgIpc) is 2.30. The highest BCUT2D eigenvalue weighted by Gasteiger charge is 1.96. The zero-order chi connectivity index (χ0) is 11.4. The van der Waals surface area contributed by atoms with Gasteiger partial charge in [0.1, 0.15) is 5.82 Å². The van der Waals surface area contributed by atoms with Gasteiger partial charge in [-0.3, -0.25) is 4.98 Å². The third-order valence-electron chi connectivity index (χ3n) is 2.31. The van der Waals surface area contributed by atoms with Crippen LogP contribution in [-0.2, 0) is 6.54 Å².